The molecule has 0 saturated heterocycles. The second-order valence-corrected chi connectivity index (χ2v) is 5.84. The Labute approximate surface area is 96.3 Å². The molecule has 0 aliphatic heterocycles. The molecule has 0 saturated carbocycles. The van der Waals surface area contributed by atoms with Gasteiger partial charge in [-0.1, -0.05) is 39.0 Å². The lowest BCUT2D eigenvalue weighted by molar-refractivity contribution is 0.304. The van der Waals surface area contributed by atoms with Crippen molar-refractivity contribution in [3.8, 4) is 0 Å². The van der Waals surface area contributed by atoms with Crippen molar-refractivity contribution in [3.05, 3.63) is 5.01 Å². The Balaban J connectivity index is 2.47. The van der Waals surface area contributed by atoms with Crippen LogP contribution in [0.2, 0.25) is 0 Å². The SMILES string of the molecule is Cc1nnc(NCC(C(C)C)C(C)C)s1. The van der Waals surface area contributed by atoms with Gasteiger partial charge in [-0.2, -0.15) is 0 Å². The van der Waals surface area contributed by atoms with E-state index < -0.39 is 0 Å². The van der Waals surface area contributed by atoms with Gasteiger partial charge in [-0.25, -0.2) is 0 Å². The highest BCUT2D eigenvalue weighted by atomic mass is 32.1. The van der Waals surface area contributed by atoms with Crippen LogP contribution < -0.4 is 5.32 Å². The van der Waals surface area contributed by atoms with Crippen molar-refractivity contribution in [2.45, 2.75) is 34.6 Å². The van der Waals surface area contributed by atoms with Gasteiger partial charge in [0.2, 0.25) is 5.13 Å². The van der Waals surface area contributed by atoms with Crippen molar-refractivity contribution >= 4 is 16.5 Å². The maximum absolute atomic E-state index is 4.06. The molecular weight excluding hydrogens is 206 g/mol. The molecule has 1 rings (SSSR count). The molecule has 3 nitrogen and oxygen atoms in total. The fourth-order valence-electron chi connectivity index (χ4n) is 1.81. The maximum atomic E-state index is 4.06. The van der Waals surface area contributed by atoms with Gasteiger partial charge in [-0.05, 0) is 24.7 Å². The van der Waals surface area contributed by atoms with Crippen LogP contribution in [-0.2, 0) is 0 Å². The number of nitrogens with one attached hydrogen (secondary N) is 1. The van der Waals surface area contributed by atoms with Crippen LogP contribution in [-0.4, -0.2) is 16.7 Å². The fraction of sp³-hybridized carbons (Fsp3) is 0.818. The Bertz CT molecular complexity index is 286. The average molecular weight is 227 g/mol. The van der Waals surface area contributed by atoms with Crippen LogP contribution in [0.4, 0.5) is 5.13 Å². The Morgan fingerprint density at radius 2 is 1.73 bits per heavy atom. The summed E-state index contributed by atoms with van der Waals surface area (Å²) in [5.74, 6) is 2.09. The summed E-state index contributed by atoms with van der Waals surface area (Å²) < 4.78 is 0. The van der Waals surface area contributed by atoms with Crippen molar-refractivity contribution in [2.75, 3.05) is 11.9 Å². The van der Waals surface area contributed by atoms with Gasteiger partial charge in [0.25, 0.3) is 0 Å². The molecule has 0 aromatic carbocycles. The monoisotopic (exact) mass is 227 g/mol. The second-order valence-electron chi connectivity index (χ2n) is 4.66. The van der Waals surface area contributed by atoms with Crippen LogP contribution in [0.15, 0.2) is 0 Å². The first-order valence-corrected chi connectivity index (χ1v) is 6.36. The van der Waals surface area contributed by atoms with E-state index in [1.807, 2.05) is 6.92 Å². The van der Waals surface area contributed by atoms with E-state index >= 15 is 0 Å². The molecule has 15 heavy (non-hydrogen) atoms. The van der Waals surface area contributed by atoms with Gasteiger partial charge in [0.15, 0.2) is 0 Å². The summed E-state index contributed by atoms with van der Waals surface area (Å²) in [6.45, 7) is 12.1. The number of hydrogen-bond acceptors (Lipinski definition) is 4. The van der Waals surface area contributed by atoms with Crippen molar-refractivity contribution in [1.29, 1.82) is 0 Å². The van der Waals surface area contributed by atoms with Crippen LogP contribution >= 0.6 is 11.3 Å². The molecule has 1 aromatic heterocycles. The van der Waals surface area contributed by atoms with Crippen LogP contribution in [0.3, 0.4) is 0 Å². The van der Waals surface area contributed by atoms with E-state index in [1.54, 1.807) is 11.3 Å². The highest BCUT2D eigenvalue weighted by molar-refractivity contribution is 7.15. The normalized spacial score (nSPS) is 11.7. The minimum Gasteiger partial charge on any atom is -0.360 e. The van der Waals surface area contributed by atoms with E-state index in [9.17, 15) is 0 Å². The molecule has 0 fully saturated rings. The number of aromatic nitrogens is 2. The van der Waals surface area contributed by atoms with E-state index in [2.05, 4.69) is 43.2 Å². The van der Waals surface area contributed by atoms with Gasteiger partial charge in [0, 0.05) is 6.54 Å². The molecule has 0 unspecified atom stereocenters. The molecule has 1 aromatic rings. The third kappa shape index (κ3) is 3.78. The van der Waals surface area contributed by atoms with Crippen molar-refractivity contribution in [1.82, 2.24) is 10.2 Å². The molecule has 1 heterocycles. The summed E-state index contributed by atoms with van der Waals surface area (Å²) in [6.07, 6.45) is 0. The summed E-state index contributed by atoms with van der Waals surface area (Å²) in [5.41, 5.74) is 0. The summed E-state index contributed by atoms with van der Waals surface area (Å²) in [6, 6.07) is 0. The summed E-state index contributed by atoms with van der Waals surface area (Å²) in [5, 5.41) is 13.4. The third-order valence-corrected chi connectivity index (χ3v) is 3.52. The zero-order valence-electron chi connectivity index (χ0n) is 10.2. The van der Waals surface area contributed by atoms with E-state index in [0.717, 1.165) is 16.7 Å². The van der Waals surface area contributed by atoms with Crippen LogP contribution in [0.5, 0.6) is 0 Å². The Morgan fingerprint density at radius 1 is 1.13 bits per heavy atom. The predicted molar refractivity (Wildman–Crippen MR) is 66.3 cm³/mol. The maximum Gasteiger partial charge on any atom is 0.205 e. The molecule has 0 aliphatic carbocycles. The topological polar surface area (TPSA) is 37.8 Å². The number of hydrogen-bond donors (Lipinski definition) is 1. The summed E-state index contributed by atoms with van der Waals surface area (Å²) >= 11 is 1.62. The molecule has 0 bridgehead atoms. The first-order chi connectivity index (χ1) is 7.00. The number of nitrogens with zero attached hydrogens (tertiary/aromatic N) is 2. The van der Waals surface area contributed by atoms with Crippen molar-refractivity contribution in [2.24, 2.45) is 17.8 Å². The first-order valence-electron chi connectivity index (χ1n) is 5.54. The Kier molecular flexibility index (Phi) is 4.51. The molecular formula is C11H21N3S. The lowest BCUT2D eigenvalue weighted by Crippen LogP contribution is -2.24. The molecule has 4 heteroatoms. The lowest BCUT2D eigenvalue weighted by atomic mass is 9.86. The molecule has 0 radical (unpaired) electrons. The minimum atomic E-state index is 0.689. The van der Waals surface area contributed by atoms with Crippen LogP contribution in [0, 0.1) is 24.7 Å². The molecule has 0 aliphatic rings. The van der Waals surface area contributed by atoms with Gasteiger partial charge in [0.05, 0.1) is 0 Å². The highest BCUT2D eigenvalue weighted by Crippen LogP contribution is 2.22. The minimum absolute atomic E-state index is 0.689. The van der Waals surface area contributed by atoms with Crippen molar-refractivity contribution in [3.63, 3.8) is 0 Å². The van der Waals surface area contributed by atoms with Gasteiger partial charge in [0.1, 0.15) is 5.01 Å². The third-order valence-electron chi connectivity index (χ3n) is 2.73. The largest absolute Gasteiger partial charge is 0.360 e. The molecule has 1 N–H and O–H groups in total. The predicted octanol–water partition coefficient (Wildman–Crippen LogP) is 3.19. The van der Waals surface area contributed by atoms with E-state index in [0.29, 0.717) is 17.8 Å². The van der Waals surface area contributed by atoms with E-state index in [-0.39, 0.29) is 0 Å². The van der Waals surface area contributed by atoms with Crippen LogP contribution in [0.25, 0.3) is 0 Å². The van der Waals surface area contributed by atoms with Gasteiger partial charge < -0.3 is 5.32 Å². The van der Waals surface area contributed by atoms with Crippen molar-refractivity contribution < 1.29 is 0 Å². The molecule has 0 spiro atoms. The smallest absolute Gasteiger partial charge is 0.205 e. The summed E-state index contributed by atoms with van der Waals surface area (Å²) in [7, 11) is 0. The van der Waals surface area contributed by atoms with Crippen LogP contribution in [0.1, 0.15) is 32.7 Å². The van der Waals surface area contributed by atoms with Gasteiger partial charge >= 0.3 is 0 Å². The number of aryl methyl sites for hydroxylation is 1. The molecule has 0 atom stereocenters. The first kappa shape index (κ1) is 12.4. The zero-order chi connectivity index (χ0) is 11.4. The quantitative estimate of drug-likeness (QED) is 0.839. The Morgan fingerprint density at radius 3 is 2.13 bits per heavy atom. The van der Waals surface area contributed by atoms with Gasteiger partial charge in [-0.15, -0.1) is 10.2 Å². The van der Waals surface area contributed by atoms with E-state index in [1.165, 1.54) is 0 Å². The van der Waals surface area contributed by atoms with E-state index in [4.69, 9.17) is 0 Å². The zero-order valence-corrected chi connectivity index (χ0v) is 11.1. The second kappa shape index (κ2) is 5.45. The average Bonchev–Trinajstić information content (AvgIpc) is 2.50. The fourth-order valence-corrected chi connectivity index (χ4v) is 2.41. The standard InChI is InChI=1S/C11H21N3S/c1-7(2)10(8(3)4)6-12-11-14-13-9(5)15-11/h7-8,10H,6H2,1-5H3,(H,12,14). The van der Waals surface area contributed by atoms with Gasteiger partial charge in [-0.3, -0.25) is 0 Å². The number of anilines is 1. The molecule has 86 valence electrons. The highest BCUT2D eigenvalue weighted by Gasteiger charge is 2.17. The lowest BCUT2D eigenvalue weighted by Gasteiger charge is -2.24. The number of rotatable bonds is 5. The molecule has 0 amide bonds. The Hall–Kier alpha value is -0.640. The summed E-state index contributed by atoms with van der Waals surface area (Å²) in [4.78, 5) is 0.